The van der Waals surface area contributed by atoms with Crippen molar-refractivity contribution in [1.29, 1.82) is 0 Å². The summed E-state index contributed by atoms with van der Waals surface area (Å²) in [5, 5.41) is 19.6. The molecule has 1 unspecified atom stereocenters. The van der Waals surface area contributed by atoms with Gasteiger partial charge >= 0.3 is 10.4 Å². The molecule has 1 aromatic carbocycles. The van der Waals surface area contributed by atoms with Gasteiger partial charge in [-0.05, 0) is 37.6 Å². The molecule has 0 aliphatic rings. The zero-order valence-electron chi connectivity index (χ0n) is 12.4. The first-order valence-electron chi connectivity index (χ1n) is 6.33. The lowest BCUT2D eigenvalue weighted by atomic mass is 10.2. The molecule has 0 aliphatic carbocycles. The van der Waals surface area contributed by atoms with E-state index in [0.717, 1.165) is 16.9 Å². The molecule has 0 amide bonds. The number of nitrogens with two attached hydrogens (primary N) is 1. The van der Waals surface area contributed by atoms with E-state index < -0.39 is 16.5 Å². The van der Waals surface area contributed by atoms with Gasteiger partial charge in [-0.2, -0.15) is 8.42 Å². The van der Waals surface area contributed by atoms with Crippen molar-refractivity contribution in [3.8, 4) is 0 Å². The van der Waals surface area contributed by atoms with Crippen LogP contribution in [0.15, 0.2) is 18.2 Å². The van der Waals surface area contributed by atoms with Gasteiger partial charge in [0.25, 0.3) is 0 Å². The second-order valence-electron chi connectivity index (χ2n) is 4.32. The monoisotopic (exact) mass is 338 g/mol. The third-order valence-electron chi connectivity index (χ3n) is 2.46. The lowest BCUT2D eigenvalue weighted by Gasteiger charge is -2.24. The van der Waals surface area contributed by atoms with Crippen LogP contribution in [0.25, 0.3) is 0 Å². The highest BCUT2D eigenvalue weighted by atomic mass is 32.3. The van der Waals surface area contributed by atoms with Crippen LogP contribution in [0, 0.1) is 6.92 Å². The number of hydrogen-bond donors (Lipinski definition) is 5. The van der Waals surface area contributed by atoms with Crippen molar-refractivity contribution < 1.29 is 32.6 Å². The lowest BCUT2D eigenvalue weighted by Crippen LogP contribution is -2.30. The zero-order chi connectivity index (χ0) is 17.3. The van der Waals surface area contributed by atoms with Crippen molar-refractivity contribution in [2.24, 2.45) is 0 Å². The standard InChI is InChI=1S/C12H20N2O3.H2O4S/c1-3-14(17-8-11(16)7-15)10-4-5-12(13)9(2)6-10;1-5(2,3)4/h4-6,11,15-16H,3,7-8,13H2,1-2H3;(H2,1,2,3,4). The number of hydroxylamine groups is 1. The molecule has 1 atom stereocenters. The van der Waals surface area contributed by atoms with Crippen LogP contribution in [0.1, 0.15) is 12.5 Å². The van der Waals surface area contributed by atoms with E-state index in [4.69, 9.17) is 33.2 Å². The number of rotatable bonds is 6. The molecule has 0 bridgehead atoms. The number of anilines is 2. The molecular formula is C12H22N2O7S. The molecule has 9 nitrogen and oxygen atoms in total. The van der Waals surface area contributed by atoms with Gasteiger partial charge in [0.05, 0.1) is 12.3 Å². The van der Waals surface area contributed by atoms with Crippen molar-refractivity contribution in [1.82, 2.24) is 0 Å². The topological polar surface area (TPSA) is 154 Å². The summed E-state index contributed by atoms with van der Waals surface area (Å²) in [5.74, 6) is 0. The SMILES string of the molecule is CCN(OCC(O)CO)c1ccc(N)c(C)c1.O=S(=O)(O)O. The molecule has 0 fully saturated rings. The van der Waals surface area contributed by atoms with E-state index in [2.05, 4.69) is 0 Å². The molecule has 0 aliphatic heterocycles. The van der Waals surface area contributed by atoms with Gasteiger partial charge in [-0.1, -0.05) is 0 Å². The summed E-state index contributed by atoms with van der Waals surface area (Å²) in [6, 6.07) is 5.60. The Labute approximate surface area is 129 Å². The summed E-state index contributed by atoms with van der Waals surface area (Å²) >= 11 is 0. The van der Waals surface area contributed by atoms with Gasteiger partial charge in [0.15, 0.2) is 0 Å². The number of hydrogen-bond acceptors (Lipinski definition) is 7. The van der Waals surface area contributed by atoms with Crippen LogP contribution in [-0.2, 0) is 15.2 Å². The van der Waals surface area contributed by atoms with Gasteiger partial charge in [0.2, 0.25) is 0 Å². The average Bonchev–Trinajstić information content (AvgIpc) is 2.41. The smallest absolute Gasteiger partial charge is 0.394 e. The Morgan fingerprint density at radius 1 is 1.36 bits per heavy atom. The molecule has 0 spiro atoms. The van der Waals surface area contributed by atoms with Gasteiger partial charge in [-0.3, -0.25) is 19.0 Å². The Morgan fingerprint density at radius 3 is 2.32 bits per heavy atom. The second-order valence-corrected chi connectivity index (χ2v) is 5.21. The fourth-order valence-corrected chi connectivity index (χ4v) is 1.39. The Hall–Kier alpha value is -1.43. The summed E-state index contributed by atoms with van der Waals surface area (Å²) in [7, 11) is -4.67. The van der Waals surface area contributed by atoms with E-state index in [1.54, 1.807) is 5.06 Å². The molecule has 0 saturated carbocycles. The first-order chi connectivity index (χ1) is 10.1. The molecule has 10 heteroatoms. The highest BCUT2D eigenvalue weighted by Crippen LogP contribution is 2.20. The van der Waals surface area contributed by atoms with Gasteiger partial charge in [0, 0.05) is 12.2 Å². The van der Waals surface area contributed by atoms with E-state index in [0.29, 0.717) is 6.54 Å². The van der Waals surface area contributed by atoms with Crippen LogP contribution >= 0.6 is 0 Å². The summed E-state index contributed by atoms with van der Waals surface area (Å²) in [6.07, 6.45) is -0.862. The van der Waals surface area contributed by atoms with Crippen molar-refractivity contribution >= 4 is 21.8 Å². The third kappa shape index (κ3) is 9.50. The predicted molar refractivity (Wildman–Crippen MR) is 81.8 cm³/mol. The fourth-order valence-electron chi connectivity index (χ4n) is 1.39. The minimum atomic E-state index is -4.67. The molecule has 128 valence electrons. The molecule has 6 N–H and O–H groups in total. The number of nitrogen functional groups attached to an aromatic ring is 1. The maximum absolute atomic E-state index is 9.23. The Kier molecular flexibility index (Phi) is 8.94. The Balaban J connectivity index is 0.000000763. The summed E-state index contributed by atoms with van der Waals surface area (Å²) < 4.78 is 31.6. The fraction of sp³-hybridized carbons (Fsp3) is 0.500. The number of aliphatic hydroxyl groups is 2. The predicted octanol–water partition coefficient (Wildman–Crippen LogP) is 0.0355. The minimum absolute atomic E-state index is 0.0633. The molecular weight excluding hydrogens is 316 g/mol. The highest BCUT2D eigenvalue weighted by Gasteiger charge is 2.09. The molecule has 1 aromatic rings. The Morgan fingerprint density at radius 2 is 1.91 bits per heavy atom. The van der Waals surface area contributed by atoms with Crippen molar-refractivity contribution in [3.63, 3.8) is 0 Å². The maximum atomic E-state index is 9.23. The number of nitrogens with zero attached hydrogens (tertiary/aromatic N) is 1. The van der Waals surface area contributed by atoms with E-state index in [1.807, 2.05) is 32.0 Å². The first kappa shape index (κ1) is 20.6. The van der Waals surface area contributed by atoms with Crippen molar-refractivity contribution in [2.45, 2.75) is 20.0 Å². The van der Waals surface area contributed by atoms with Crippen LogP contribution in [0.2, 0.25) is 0 Å². The number of benzene rings is 1. The van der Waals surface area contributed by atoms with Crippen LogP contribution < -0.4 is 10.8 Å². The molecule has 22 heavy (non-hydrogen) atoms. The number of aliphatic hydroxyl groups excluding tert-OH is 2. The lowest BCUT2D eigenvalue weighted by molar-refractivity contribution is -0.00273. The summed E-state index contributed by atoms with van der Waals surface area (Å²) in [6.45, 7) is 4.26. The van der Waals surface area contributed by atoms with Crippen LogP contribution in [-0.4, -0.2) is 53.6 Å². The molecule has 1 rings (SSSR count). The van der Waals surface area contributed by atoms with E-state index >= 15 is 0 Å². The number of aryl methyl sites for hydroxylation is 1. The quantitative estimate of drug-likeness (QED) is 0.275. The van der Waals surface area contributed by atoms with Crippen LogP contribution in [0.3, 0.4) is 0 Å². The molecule has 0 saturated heterocycles. The first-order valence-corrected chi connectivity index (χ1v) is 7.73. The van der Waals surface area contributed by atoms with Crippen molar-refractivity contribution in [2.75, 3.05) is 30.6 Å². The normalized spacial score (nSPS) is 12.3. The summed E-state index contributed by atoms with van der Waals surface area (Å²) in [5.41, 5.74) is 8.34. The molecule has 0 heterocycles. The van der Waals surface area contributed by atoms with Crippen molar-refractivity contribution in [3.05, 3.63) is 23.8 Å². The van der Waals surface area contributed by atoms with Gasteiger partial charge in [0.1, 0.15) is 12.7 Å². The zero-order valence-corrected chi connectivity index (χ0v) is 13.2. The third-order valence-corrected chi connectivity index (χ3v) is 2.46. The van der Waals surface area contributed by atoms with E-state index in [-0.39, 0.29) is 13.2 Å². The molecule has 0 aromatic heterocycles. The van der Waals surface area contributed by atoms with Crippen LogP contribution in [0.4, 0.5) is 11.4 Å². The van der Waals surface area contributed by atoms with Gasteiger partial charge < -0.3 is 15.9 Å². The average molecular weight is 338 g/mol. The largest absolute Gasteiger partial charge is 0.399 e. The van der Waals surface area contributed by atoms with Gasteiger partial charge in [-0.15, -0.1) is 0 Å². The molecule has 0 radical (unpaired) electrons. The van der Waals surface area contributed by atoms with E-state index in [1.165, 1.54) is 0 Å². The Bertz CT molecular complexity index is 542. The van der Waals surface area contributed by atoms with Gasteiger partial charge in [-0.25, -0.2) is 0 Å². The van der Waals surface area contributed by atoms with Crippen LogP contribution in [0.5, 0.6) is 0 Å². The maximum Gasteiger partial charge on any atom is 0.394 e. The highest BCUT2D eigenvalue weighted by molar-refractivity contribution is 7.79. The summed E-state index contributed by atoms with van der Waals surface area (Å²) in [4.78, 5) is 5.41. The minimum Gasteiger partial charge on any atom is -0.399 e. The van der Waals surface area contributed by atoms with E-state index in [9.17, 15) is 5.11 Å². The second kappa shape index (κ2) is 9.56.